The van der Waals surface area contributed by atoms with E-state index in [-0.39, 0.29) is 5.69 Å². The molecule has 0 spiro atoms. The van der Waals surface area contributed by atoms with Gasteiger partial charge in [-0.2, -0.15) is 0 Å². The Morgan fingerprint density at radius 3 is 2.31 bits per heavy atom. The minimum Gasteiger partial charge on any atom is -0.464 e. The standard InChI is InChI=1S/C20H16N4O2/c1-26-20(25)18-9-17-8-16(11-24(17)12-23-18)14-4-2-13(3-5-14)15-6-7-19(21)22-10-15/h2-12H,1H3,(H2,21,22). The van der Waals surface area contributed by atoms with Crippen molar-refractivity contribution in [3.8, 4) is 22.3 Å². The first-order valence-corrected chi connectivity index (χ1v) is 8.02. The van der Waals surface area contributed by atoms with Crippen LogP contribution in [0.3, 0.4) is 0 Å². The summed E-state index contributed by atoms with van der Waals surface area (Å²) in [7, 11) is 1.34. The molecule has 0 unspecified atom stereocenters. The van der Waals surface area contributed by atoms with Crippen LogP contribution in [0.1, 0.15) is 10.5 Å². The lowest BCUT2D eigenvalue weighted by atomic mass is 10.0. The van der Waals surface area contributed by atoms with Gasteiger partial charge in [0.25, 0.3) is 0 Å². The van der Waals surface area contributed by atoms with E-state index >= 15 is 0 Å². The molecule has 0 aliphatic heterocycles. The highest BCUT2D eigenvalue weighted by molar-refractivity contribution is 5.88. The molecule has 26 heavy (non-hydrogen) atoms. The van der Waals surface area contributed by atoms with Gasteiger partial charge in [-0.05, 0) is 35.4 Å². The molecule has 4 aromatic rings. The van der Waals surface area contributed by atoms with Crippen LogP contribution in [0.25, 0.3) is 27.8 Å². The third kappa shape index (κ3) is 2.88. The molecule has 6 heteroatoms. The summed E-state index contributed by atoms with van der Waals surface area (Å²) < 4.78 is 6.59. The Balaban J connectivity index is 1.66. The number of aromatic nitrogens is 3. The van der Waals surface area contributed by atoms with Gasteiger partial charge in [0, 0.05) is 29.0 Å². The minimum absolute atomic E-state index is 0.288. The number of nitrogens with two attached hydrogens (primary N) is 1. The predicted molar refractivity (Wildman–Crippen MR) is 99.6 cm³/mol. The number of fused-ring (bicyclic) bond motifs is 1. The van der Waals surface area contributed by atoms with E-state index in [1.165, 1.54) is 7.11 Å². The van der Waals surface area contributed by atoms with Crippen LogP contribution < -0.4 is 5.73 Å². The van der Waals surface area contributed by atoms with Gasteiger partial charge in [-0.3, -0.25) is 0 Å². The Hall–Kier alpha value is -3.67. The highest BCUT2D eigenvalue weighted by atomic mass is 16.5. The Labute approximate surface area is 149 Å². The average molecular weight is 344 g/mol. The summed E-state index contributed by atoms with van der Waals surface area (Å²) in [6.07, 6.45) is 5.35. The number of esters is 1. The molecule has 0 atom stereocenters. The molecule has 4 rings (SSSR count). The van der Waals surface area contributed by atoms with Crippen molar-refractivity contribution in [1.29, 1.82) is 0 Å². The number of methoxy groups -OCH3 is 1. The quantitative estimate of drug-likeness (QED) is 0.576. The van der Waals surface area contributed by atoms with Crippen LogP contribution in [0.15, 0.2) is 67.3 Å². The van der Waals surface area contributed by atoms with Gasteiger partial charge in [0.05, 0.1) is 7.11 Å². The van der Waals surface area contributed by atoms with Crippen molar-refractivity contribution in [3.05, 3.63) is 72.9 Å². The topological polar surface area (TPSA) is 82.5 Å². The van der Waals surface area contributed by atoms with E-state index in [4.69, 9.17) is 10.5 Å². The second-order valence-electron chi connectivity index (χ2n) is 5.88. The number of pyridine rings is 1. The molecule has 128 valence electrons. The highest BCUT2D eigenvalue weighted by Gasteiger charge is 2.10. The lowest BCUT2D eigenvalue weighted by Crippen LogP contribution is -2.04. The van der Waals surface area contributed by atoms with Gasteiger partial charge in [0.2, 0.25) is 0 Å². The normalized spacial score (nSPS) is 10.8. The fourth-order valence-electron chi connectivity index (χ4n) is 2.82. The van der Waals surface area contributed by atoms with Gasteiger partial charge in [0.1, 0.15) is 12.1 Å². The fraction of sp³-hybridized carbons (Fsp3) is 0.0500. The maximum atomic E-state index is 11.6. The number of hydrogen-bond donors (Lipinski definition) is 1. The Morgan fingerprint density at radius 1 is 0.962 bits per heavy atom. The molecule has 0 bridgehead atoms. The van der Waals surface area contributed by atoms with Crippen molar-refractivity contribution in [3.63, 3.8) is 0 Å². The number of nitrogens with zero attached hydrogens (tertiary/aromatic N) is 3. The summed E-state index contributed by atoms with van der Waals surface area (Å²) in [5, 5.41) is 0. The molecule has 1 aromatic carbocycles. The second-order valence-corrected chi connectivity index (χ2v) is 5.88. The van der Waals surface area contributed by atoms with E-state index in [1.54, 1.807) is 24.7 Å². The summed E-state index contributed by atoms with van der Waals surface area (Å²) in [6.45, 7) is 0. The van der Waals surface area contributed by atoms with Gasteiger partial charge in [0.15, 0.2) is 5.69 Å². The summed E-state index contributed by atoms with van der Waals surface area (Å²) in [5.74, 6) is 0.0579. The van der Waals surface area contributed by atoms with Gasteiger partial charge >= 0.3 is 5.97 Å². The van der Waals surface area contributed by atoms with Crippen LogP contribution in [0.5, 0.6) is 0 Å². The molecule has 0 fully saturated rings. The number of nitrogen functional groups attached to an aromatic ring is 1. The number of ether oxygens (including phenoxy) is 1. The molecule has 3 aromatic heterocycles. The lowest BCUT2D eigenvalue weighted by molar-refractivity contribution is 0.0594. The third-order valence-electron chi connectivity index (χ3n) is 4.22. The molecular formula is C20H16N4O2. The monoisotopic (exact) mass is 344 g/mol. The zero-order valence-electron chi connectivity index (χ0n) is 14.1. The number of benzene rings is 1. The first kappa shape index (κ1) is 15.8. The maximum absolute atomic E-state index is 11.6. The smallest absolute Gasteiger partial charge is 0.356 e. The van der Waals surface area contributed by atoms with Gasteiger partial charge in [-0.25, -0.2) is 14.8 Å². The van der Waals surface area contributed by atoms with E-state index in [1.807, 2.05) is 34.9 Å². The van der Waals surface area contributed by atoms with E-state index in [0.717, 1.165) is 27.8 Å². The molecule has 0 amide bonds. The van der Waals surface area contributed by atoms with E-state index < -0.39 is 5.97 Å². The second kappa shape index (κ2) is 6.33. The molecule has 0 saturated carbocycles. The molecule has 0 aliphatic carbocycles. The van der Waals surface area contributed by atoms with Crippen molar-refractivity contribution in [2.24, 2.45) is 0 Å². The Morgan fingerprint density at radius 2 is 1.65 bits per heavy atom. The lowest BCUT2D eigenvalue weighted by Gasteiger charge is -2.03. The number of hydrogen-bond acceptors (Lipinski definition) is 5. The zero-order chi connectivity index (χ0) is 18.1. The number of carbonyl (C=O) groups excluding carboxylic acids is 1. The van der Waals surface area contributed by atoms with Crippen molar-refractivity contribution in [2.75, 3.05) is 12.8 Å². The maximum Gasteiger partial charge on any atom is 0.356 e. The molecule has 0 radical (unpaired) electrons. The molecular weight excluding hydrogens is 328 g/mol. The number of rotatable bonds is 3. The summed E-state index contributed by atoms with van der Waals surface area (Å²) in [5.41, 5.74) is 11.0. The minimum atomic E-state index is -0.447. The molecule has 0 aliphatic rings. The fourth-order valence-corrected chi connectivity index (χ4v) is 2.82. The summed E-state index contributed by atoms with van der Waals surface area (Å²) in [4.78, 5) is 19.9. The molecule has 2 N–H and O–H groups in total. The van der Waals surface area contributed by atoms with Crippen molar-refractivity contribution in [1.82, 2.24) is 14.4 Å². The number of carbonyl (C=O) groups is 1. The van der Waals surface area contributed by atoms with Gasteiger partial charge < -0.3 is 14.9 Å². The van der Waals surface area contributed by atoms with Crippen LogP contribution in [0.2, 0.25) is 0 Å². The molecule has 3 heterocycles. The van der Waals surface area contributed by atoms with Crippen molar-refractivity contribution < 1.29 is 9.53 Å². The van der Waals surface area contributed by atoms with E-state index in [9.17, 15) is 4.79 Å². The van der Waals surface area contributed by atoms with Crippen LogP contribution in [0.4, 0.5) is 5.82 Å². The number of anilines is 1. The van der Waals surface area contributed by atoms with Crippen LogP contribution >= 0.6 is 0 Å². The Kier molecular flexibility index (Phi) is 3.85. The summed E-state index contributed by atoms with van der Waals surface area (Å²) in [6, 6.07) is 15.6. The highest BCUT2D eigenvalue weighted by Crippen LogP contribution is 2.26. The molecule has 0 saturated heterocycles. The van der Waals surface area contributed by atoms with E-state index in [0.29, 0.717) is 5.82 Å². The zero-order valence-corrected chi connectivity index (χ0v) is 14.1. The average Bonchev–Trinajstić information content (AvgIpc) is 3.11. The van der Waals surface area contributed by atoms with Crippen molar-refractivity contribution >= 4 is 17.3 Å². The predicted octanol–water partition coefficient (Wildman–Crippen LogP) is 3.43. The first-order valence-electron chi connectivity index (χ1n) is 8.02. The SMILES string of the molecule is COC(=O)c1cc2cc(-c3ccc(-c4ccc(N)nc4)cc3)cn2cn1. The first-order chi connectivity index (χ1) is 12.6. The van der Waals surface area contributed by atoms with Crippen LogP contribution in [-0.4, -0.2) is 27.4 Å². The largest absolute Gasteiger partial charge is 0.464 e. The van der Waals surface area contributed by atoms with Crippen LogP contribution in [0, 0.1) is 0 Å². The van der Waals surface area contributed by atoms with Gasteiger partial charge in [-0.15, -0.1) is 0 Å². The van der Waals surface area contributed by atoms with E-state index in [2.05, 4.69) is 22.1 Å². The van der Waals surface area contributed by atoms with Crippen molar-refractivity contribution in [2.45, 2.75) is 0 Å². The Bertz CT molecular complexity index is 1080. The van der Waals surface area contributed by atoms with Crippen LogP contribution in [-0.2, 0) is 4.74 Å². The van der Waals surface area contributed by atoms with Gasteiger partial charge in [-0.1, -0.05) is 24.3 Å². The third-order valence-corrected chi connectivity index (χ3v) is 4.22. The summed E-state index contributed by atoms with van der Waals surface area (Å²) >= 11 is 0. The molecule has 6 nitrogen and oxygen atoms in total.